The summed E-state index contributed by atoms with van der Waals surface area (Å²) in [6, 6.07) is 7.58. The lowest BCUT2D eigenvalue weighted by molar-refractivity contribution is 0.578. The van der Waals surface area contributed by atoms with E-state index in [-0.39, 0.29) is 12.3 Å². The minimum absolute atomic E-state index is 0.0325. The van der Waals surface area contributed by atoms with Crippen molar-refractivity contribution in [2.75, 3.05) is 6.54 Å². The Kier molecular flexibility index (Phi) is 5.49. The molecule has 0 unspecified atom stereocenters. The number of aromatic amines is 1. The molecule has 0 spiro atoms. The van der Waals surface area contributed by atoms with Crippen LogP contribution in [0.15, 0.2) is 36.7 Å². The van der Waals surface area contributed by atoms with Crippen molar-refractivity contribution < 1.29 is 8.42 Å². The maximum atomic E-state index is 12.0. The number of nitrogens with one attached hydrogen (secondary N) is 3. The van der Waals surface area contributed by atoms with Crippen molar-refractivity contribution >= 4 is 10.0 Å². The highest BCUT2D eigenvalue weighted by Gasteiger charge is 2.11. The third-order valence-electron chi connectivity index (χ3n) is 2.97. The van der Waals surface area contributed by atoms with Crippen LogP contribution in [0.1, 0.15) is 23.9 Å². The van der Waals surface area contributed by atoms with Gasteiger partial charge in [-0.15, -0.1) is 0 Å². The summed E-state index contributed by atoms with van der Waals surface area (Å²) < 4.78 is 26.5. The molecular weight excluding hydrogens is 288 g/mol. The van der Waals surface area contributed by atoms with E-state index >= 15 is 0 Å². The first-order chi connectivity index (χ1) is 10.1. The highest BCUT2D eigenvalue weighted by molar-refractivity contribution is 7.88. The second-order valence-corrected chi connectivity index (χ2v) is 6.52. The van der Waals surface area contributed by atoms with Crippen LogP contribution in [0.3, 0.4) is 0 Å². The Balaban J connectivity index is 1.90. The van der Waals surface area contributed by atoms with Gasteiger partial charge in [-0.1, -0.05) is 31.2 Å². The molecule has 0 aliphatic heterocycles. The van der Waals surface area contributed by atoms with Crippen LogP contribution in [-0.4, -0.2) is 24.9 Å². The molecule has 1 aromatic heterocycles. The number of rotatable bonds is 8. The van der Waals surface area contributed by atoms with Crippen molar-refractivity contribution in [1.82, 2.24) is 20.0 Å². The van der Waals surface area contributed by atoms with Gasteiger partial charge in [0.15, 0.2) is 0 Å². The summed E-state index contributed by atoms with van der Waals surface area (Å²) in [6.45, 7) is 3.92. The molecule has 6 nitrogen and oxygen atoms in total. The van der Waals surface area contributed by atoms with Crippen LogP contribution < -0.4 is 10.0 Å². The fourth-order valence-corrected chi connectivity index (χ4v) is 2.96. The van der Waals surface area contributed by atoms with Crippen molar-refractivity contribution in [2.45, 2.75) is 25.8 Å². The SMILES string of the molecule is CCNCc1ccc(CS(=O)(=O)NCc2ncc[nH]2)cc1. The summed E-state index contributed by atoms with van der Waals surface area (Å²) in [5.41, 5.74) is 1.91. The Labute approximate surface area is 125 Å². The highest BCUT2D eigenvalue weighted by atomic mass is 32.2. The third-order valence-corrected chi connectivity index (χ3v) is 4.27. The van der Waals surface area contributed by atoms with Gasteiger partial charge < -0.3 is 10.3 Å². The van der Waals surface area contributed by atoms with Crippen molar-refractivity contribution in [3.05, 3.63) is 53.6 Å². The maximum Gasteiger partial charge on any atom is 0.216 e. The molecule has 1 heterocycles. The van der Waals surface area contributed by atoms with E-state index in [0.29, 0.717) is 5.82 Å². The summed E-state index contributed by atoms with van der Waals surface area (Å²) in [6.07, 6.45) is 3.25. The van der Waals surface area contributed by atoms with E-state index < -0.39 is 10.0 Å². The normalized spacial score (nSPS) is 11.7. The zero-order chi connectivity index (χ0) is 15.1. The minimum atomic E-state index is -3.37. The molecule has 21 heavy (non-hydrogen) atoms. The molecule has 0 bridgehead atoms. The largest absolute Gasteiger partial charge is 0.347 e. The van der Waals surface area contributed by atoms with Crippen LogP contribution in [-0.2, 0) is 28.9 Å². The van der Waals surface area contributed by atoms with Gasteiger partial charge in [0.05, 0.1) is 12.3 Å². The number of nitrogens with zero attached hydrogens (tertiary/aromatic N) is 1. The molecule has 0 saturated carbocycles. The smallest absolute Gasteiger partial charge is 0.216 e. The Morgan fingerprint density at radius 3 is 2.48 bits per heavy atom. The topological polar surface area (TPSA) is 86.9 Å². The molecule has 2 rings (SSSR count). The van der Waals surface area contributed by atoms with Crippen LogP contribution in [0.5, 0.6) is 0 Å². The molecule has 7 heteroatoms. The van der Waals surface area contributed by atoms with E-state index in [1.807, 2.05) is 31.2 Å². The maximum absolute atomic E-state index is 12.0. The quantitative estimate of drug-likeness (QED) is 0.682. The van der Waals surface area contributed by atoms with Crippen molar-refractivity contribution in [3.63, 3.8) is 0 Å². The van der Waals surface area contributed by atoms with Gasteiger partial charge in [0.2, 0.25) is 10.0 Å². The molecule has 0 aliphatic carbocycles. The molecule has 0 radical (unpaired) electrons. The van der Waals surface area contributed by atoms with E-state index in [2.05, 4.69) is 20.0 Å². The number of aromatic nitrogens is 2. The summed E-state index contributed by atoms with van der Waals surface area (Å²) in [7, 11) is -3.37. The molecule has 0 fully saturated rings. The van der Waals surface area contributed by atoms with E-state index in [9.17, 15) is 8.42 Å². The molecule has 0 saturated heterocycles. The number of sulfonamides is 1. The Morgan fingerprint density at radius 1 is 1.14 bits per heavy atom. The van der Waals surface area contributed by atoms with E-state index in [1.54, 1.807) is 12.4 Å². The first kappa shape index (κ1) is 15.7. The predicted molar refractivity (Wildman–Crippen MR) is 81.9 cm³/mol. The number of hydrogen-bond donors (Lipinski definition) is 3. The van der Waals surface area contributed by atoms with Gasteiger partial charge in [-0.3, -0.25) is 0 Å². The monoisotopic (exact) mass is 308 g/mol. The number of hydrogen-bond acceptors (Lipinski definition) is 4. The zero-order valence-corrected chi connectivity index (χ0v) is 12.8. The Hall–Kier alpha value is -1.70. The van der Waals surface area contributed by atoms with E-state index in [4.69, 9.17) is 0 Å². The lowest BCUT2D eigenvalue weighted by Gasteiger charge is -2.07. The molecule has 0 amide bonds. The molecule has 0 aliphatic rings. The summed E-state index contributed by atoms with van der Waals surface area (Å²) >= 11 is 0. The van der Waals surface area contributed by atoms with E-state index in [1.165, 1.54) is 0 Å². The van der Waals surface area contributed by atoms with Gasteiger partial charge in [0, 0.05) is 18.9 Å². The number of imidazole rings is 1. The summed E-state index contributed by atoms with van der Waals surface area (Å²) in [4.78, 5) is 6.83. The van der Waals surface area contributed by atoms with Crippen LogP contribution >= 0.6 is 0 Å². The Morgan fingerprint density at radius 2 is 1.86 bits per heavy atom. The van der Waals surface area contributed by atoms with Crippen molar-refractivity contribution in [2.24, 2.45) is 0 Å². The fraction of sp³-hybridized carbons (Fsp3) is 0.357. The van der Waals surface area contributed by atoms with Gasteiger partial charge in [0.25, 0.3) is 0 Å². The fourth-order valence-electron chi connectivity index (χ4n) is 1.87. The van der Waals surface area contributed by atoms with Crippen LogP contribution in [0.2, 0.25) is 0 Å². The van der Waals surface area contributed by atoms with E-state index in [0.717, 1.165) is 24.2 Å². The molecule has 2 aromatic rings. The predicted octanol–water partition coefficient (Wildman–Crippen LogP) is 1.14. The van der Waals surface area contributed by atoms with Gasteiger partial charge in [-0.25, -0.2) is 18.1 Å². The lowest BCUT2D eigenvalue weighted by atomic mass is 10.1. The highest BCUT2D eigenvalue weighted by Crippen LogP contribution is 2.08. The number of H-pyrrole nitrogens is 1. The molecule has 3 N–H and O–H groups in total. The van der Waals surface area contributed by atoms with Crippen LogP contribution in [0.4, 0.5) is 0 Å². The first-order valence-corrected chi connectivity index (χ1v) is 8.48. The number of benzene rings is 1. The van der Waals surface area contributed by atoms with Gasteiger partial charge in [0.1, 0.15) is 5.82 Å². The molecule has 0 atom stereocenters. The lowest BCUT2D eigenvalue weighted by Crippen LogP contribution is -2.25. The summed E-state index contributed by atoms with van der Waals surface area (Å²) in [5.74, 6) is 0.564. The minimum Gasteiger partial charge on any atom is -0.347 e. The first-order valence-electron chi connectivity index (χ1n) is 6.83. The van der Waals surface area contributed by atoms with Gasteiger partial charge in [-0.05, 0) is 17.7 Å². The second-order valence-electron chi connectivity index (χ2n) is 4.71. The zero-order valence-electron chi connectivity index (χ0n) is 12.0. The van der Waals surface area contributed by atoms with Crippen molar-refractivity contribution in [1.29, 1.82) is 0 Å². The standard InChI is InChI=1S/C14H20N4O2S/c1-2-15-9-12-3-5-13(6-4-12)11-21(19,20)18-10-14-16-7-8-17-14/h3-8,15,18H,2,9-11H2,1H3,(H,16,17). The van der Waals surface area contributed by atoms with Crippen LogP contribution in [0, 0.1) is 0 Å². The average molecular weight is 308 g/mol. The second kappa shape index (κ2) is 7.35. The molecule has 1 aromatic carbocycles. The third kappa shape index (κ3) is 5.30. The van der Waals surface area contributed by atoms with Gasteiger partial charge in [-0.2, -0.15) is 0 Å². The average Bonchev–Trinajstić information content (AvgIpc) is 2.98. The van der Waals surface area contributed by atoms with Crippen molar-refractivity contribution in [3.8, 4) is 0 Å². The summed E-state index contributed by atoms with van der Waals surface area (Å²) in [5, 5.41) is 3.23. The van der Waals surface area contributed by atoms with Gasteiger partial charge >= 0.3 is 0 Å². The van der Waals surface area contributed by atoms with Crippen LogP contribution in [0.25, 0.3) is 0 Å². The Bertz CT molecular complexity index is 636. The molecular formula is C14H20N4O2S. The molecule has 114 valence electrons.